The summed E-state index contributed by atoms with van der Waals surface area (Å²) in [5.74, 6) is 0.917. The second-order valence-corrected chi connectivity index (χ2v) is 4.69. The van der Waals surface area contributed by atoms with E-state index in [1.165, 1.54) is 31.4 Å². The maximum atomic E-state index is 2.51. The van der Waals surface area contributed by atoms with E-state index in [0.29, 0.717) is 0 Å². The normalized spacial score (nSPS) is 27.9. The Morgan fingerprint density at radius 2 is 2.29 bits per heavy atom. The van der Waals surface area contributed by atoms with E-state index < -0.39 is 0 Å². The lowest BCUT2D eigenvalue weighted by molar-refractivity contribution is 0.279. The topological polar surface area (TPSA) is 4.93 Å². The molecule has 0 N–H and O–H groups in total. The molecular weight excluding hydrogens is 170 g/mol. The molecule has 0 spiro atoms. The first-order valence-electron chi connectivity index (χ1n) is 5.97. The van der Waals surface area contributed by atoms with Gasteiger partial charge in [-0.3, -0.25) is 0 Å². The van der Waals surface area contributed by atoms with Crippen molar-refractivity contribution >= 4 is 0 Å². The fourth-order valence-corrected chi connectivity index (χ4v) is 2.74. The molecule has 1 fully saturated rings. The zero-order valence-electron chi connectivity index (χ0n) is 9.37. The Balaban J connectivity index is 2.13. The van der Waals surface area contributed by atoms with Crippen LogP contribution in [-0.4, -0.2) is 4.57 Å². The van der Waals surface area contributed by atoms with Gasteiger partial charge in [0.05, 0.1) is 0 Å². The number of aryl methyl sites for hydroxylation is 1. The van der Waals surface area contributed by atoms with Crippen molar-refractivity contribution in [1.82, 2.24) is 4.57 Å². The molecule has 2 atom stereocenters. The second-order valence-electron chi connectivity index (χ2n) is 4.69. The van der Waals surface area contributed by atoms with Gasteiger partial charge in [0.1, 0.15) is 0 Å². The molecule has 0 aliphatic heterocycles. The van der Waals surface area contributed by atoms with E-state index >= 15 is 0 Å². The third-order valence-electron chi connectivity index (χ3n) is 3.53. The van der Waals surface area contributed by atoms with Gasteiger partial charge in [-0.1, -0.05) is 26.7 Å². The molecule has 2 unspecified atom stereocenters. The molecule has 14 heavy (non-hydrogen) atoms. The predicted molar refractivity (Wildman–Crippen MR) is 60.5 cm³/mol. The minimum Gasteiger partial charge on any atom is -0.348 e. The van der Waals surface area contributed by atoms with Gasteiger partial charge in [-0.05, 0) is 37.3 Å². The predicted octanol–water partition coefficient (Wildman–Crippen LogP) is 3.80. The highest BCUT2D eigenvalue weighted by Gasteiger charge is 2.20. The van der Waals surface area contributed by atoms with E-state index in [1.54, 1.807) is 0 Å². The monoisotopic (exact) mass is 191 g/mol. The van der Waals surface area contributed by atoms with Gasteiger partial charge < -0.3 is 4.57 Å². The highest BCUT2D eigenvalue weighted by molar-refractivity contribution is 5.08. The van der Waals surface area contributed by atoms with Crippen molar-refractivity contribution in [3.63, 3.8) is 0 Å². The first-order valence-corrected chi connectivity index (χ1v) is 5.97. The van der Waals surface area contributed by atoms with E-state index in [1.807, 2.05) is 0 Å². The number of rotatable bonds is 2. The minimum absolute atomic E-state index is 0.781. The summed E-state index contributed by atoms with van der Waals surface area (Å²) in [5, 5.41) is 0. The molecule has 0 saturated heterocycles. The third-order valence-corrected chi connectivity index (χ3v) is 3.53. The number of aromatic nitrogens is 1. The number of hydrogen-bond donors (Lipinski definition) is 0. The van der Waals surface area contributed by atoms with Crippen LogP contribution in [0.15, 0.2) is 18.3 Å². The maximum absolute atomic E-state index is 2.51. The zero-order valence-corrected chi connectivity index (χ0v) is 9.37. The average molecular weight is 191 g/mol. The van der Waals surface area contributed by atoms with Crippen molar-refractivity contribution < 1.29 is 0 Å². The summed E-state index contributed by atoms with van der Waals surface area (Å²) >= 11 is 0. The van der Waals surface area contributed by atoms with Crippen LogP contribution in [0.1, 0.15) is 51.3 Å². The number of nitrogens with zero attached hydrogens (tertiary/aromatic N) is 1. The quantitative estimate of drug-likeness (QED) is 0.670. The van der Waals surface area contributed by atoms with E-state index in [9.17, 15) is 0 Å². The Morgan fingerprint density at radius 1 is 1.43 bits per heavy atom. The Morgan fingerprint density at radius 3 is 3.00 bits per heavy atom. The molecule has 2 rings (SSSR count). The summed E-state index contributed by atoms with van der Waals surface area (Å²) in [6.07, 6.45) is 9.03. The molecule has 1 aromatic rings. The molecular formula is C13H21N. The van der Waals surface area contributed by atoms with Crippen LogP contribution in [0.25, 0.3) is 0 Å². The second kappa shape index (κ2) is 4.20. The minimum atomic E-state index is 0.781. The largest absolute Gasteiger partial charge is 0.348 e. The molecule has 1 heteroatoms. The van der Waals surface area contributed by atoms with Crippen LogP contribution in [0.2, 0.25) is 0 Å². The van der Waals surface area contributed by atoms with Gasteiger partial charge in [0.25, 0.3) is 0 Å². The molecule has 1 aliphatic rings. The van der Waals surface area contributed by atoms with Crippen LogP contribution < -0.4 is 0 Å². The van der Waals surface area contributed by atoms with Gasteiger partial charge in [0.15, 0.2) is 0 Å². The summed E-state index contributed by atoms with van der Waals surface area (Å²) in [7, 11) is 0. The van der Waals surface area contributed by atoms with Crippen molar-refractivity contribution in [2.45, 2.75) is 52.0 Å². The Kier molecular flexibility index (Phi) is 2.95. The van der Waals surface area contributed by atoms with Crippen molar-refractivity contribution in [3.8, 4) is 0 Å². The molecule has 1 nitrogen and oxygen atoms in total. The Hall–Kier alpha value is -0.720. The SMILES string of the molecule is CCc1cccn1C1CCCC(C)C1. The van der Waals surface area contributed by atoms with E-state index in [0.717, 1.165) is 18.4 Å². The van der Waals surface area contributed by atoms with Gasteiger partial charge >= 0.3 is 0 Å². The zero-order chi connectivity index (χ0) is 9.97. The van der Waals surface area contributed by atoms with Crippen LogP contribution in [0, 0.1) is 5.92 Å². The van der Waals surface area contributed by atoms with Crippen molar-refractivity contribution in [2.75, 3.05) is 0 Å². The first kappa shape index (κ1) is 9.82. The van der Waals surface area contributed by atoms with E-state index in [-0.39, 0.29) is 0 Å². The molecule has 0 bridgehead atoms. The third kappa shape index (κ3) is 1.87. The molecule has 78 valence electrons. The Labute approximate surface area is 87.1 Å². The highest BCUT2D eigenvalue weighted by Crippen LogP contribution is 2.33. The van der Waals surface area contributed by atoms with Crippen LogP contribution >= 0.6 is 0 Å². The fourth-order valence-electron chi connectivity index (χ4n) is 2.74. The van der Waals surface area contributed by atoms with Crippen molar-refractivity contribution in [1.29, 1.82) is 0 Å². The van der Waals surface area contributed by atoms with Crippen molar-refractivity contribution in [2.24, 2.45) is 5.92 Å². The standard InChI is InChI=1S/C13H21N/c1-3-12-8-5-9-14(12)13-7-4-6-11(2)10-13/h5,8-9,11,13H,3-4,6-7,10H2,1-2H3. The lowest BCUT2D eigenvalue weighted by Crippen LogP contribution is -2.18. The van der Waals surface area contributed by atoms with Crippen LogP contribution in [0.5, 0.6) is 0 Å². The molecule has 1 saturated carbocycles. The van der Waals surface area contributed by atoms with E-state index in [2.05, 4.69) is 36.7 Å². The summed E-state index contributed by atoms with van der Waals surface area (Å²) in [4.78, 5) is 0. The molecule has 0 aromatic carbocycles. The first-order chi connectivity index (χ1) is 6.81. The number of hydrogen-bond acceptors (Lipinski definition) is 0. The van der Waals surface area contributed by atoms with Crippen LogP contribution in [-0.2, 0) is 6.42 Å². The lowest BCUT2D eigenvalue weighted by Gasteiger charge is -2.29. The summed E-state index contributed by atoms with van der Waals surface area (Å²) in [5.41, 5.74) is 1.50. The van der Waals surface area contributed by atoms with Crippen LogP contribution in [0.3, 0.4) is 0 Å². The fraction of sp³-hybridized carbons (Fsp3) is 0.692. The summed E-state index contributed by atoms with van der Waals surface area (Å²) in [6.45, 7) is 4.64. The van der Waals surface area contributed by atoms with Gasteiger partial charge in [0, 0.05) is 17.9 Å². The molecule has 0 amide bonds. The average Bonchev–Trinajstić information content (AvgIpc) is 2.65. The van der Waals surface area contributed by atoms with Crippen molar-refractivity contribution in [3.05, 3.63) is 24.0 Å². The highest BCUT2D eigenvalue weighted by atomic mass is 15.0. The van der Waals surface area contributed by atoms with Gasteiger partial charge in [-0.2, -0.15) is 0 Å². The molecule has 1 heterocycles. The molecule has 1 aliphatic carbocycles. The summed E-state index contributed by atoms with van der Waals surface area (Å²) in [6, 6.07) is 5.24. The smallest absolute Gasteiger partial charge is 0.0335 e. The lowest BCUT2D eigenvalue weighted by atomic mass is 9.87. The summed E-state index contributed by atoms with van der Waals surface area (Å²) < 4.78 is 2.51. The maximum Gasteiger partial charge on any atom is 0.0335 e. The van der Waals surface area contributed by atoms with Gasteiger partial charge in [0.2, 0.25) is 0 Å². The molecule has 0 radical (unpaired) electrons. The Bertz CT molecular complexity index is 287. The van der Waals surface area contributed by atoms with E-state index in [4.69, 9.17) is 0 Å². The van der Waals surface area contributed by atoms with Gasteiger partial charge in [-0.15, -0.1) is 0 Å². The van der Waals surface area contributed by atoms with Gasteiger partial charge in [-0.25, -0.2) is 0 Å². The molecule has 1 aromatic heterocycles. The van der Waals surface area contributed by atoms with Crippen LogP contribution in [0.4, 0.5) is 0 Å².